The van der Waals surface area contributed by atoms with E-state index in [1.807, 2.05) is 25.6 Å². The second-order valence-electron chi connectivity index (χ2n) is 5.64. The minimum Gasteiger partial charge on any atom is -0.353 e. The predicted molar refractivity (Wildman–Crippen MR) is 77.0 cm³/mol. The molecule has 0 aromatic rings. The third-order valence-electron chi connectivity index (χ3n) is 3.98. The number of carbonyl (C=O) groups is 1. The average Bonchev–Trinajstić information content (AvgIpc) is 2.90. The lowest BCUT2D eigenvalue weighted by molar-refractivity contribution is -0.132. The van der Waals surface area contributed by atoms with Crippen molar-refractivity contribution < 1.29 is 4.79 Å². The number of piperazine rings is 1. The van der Waals surface area contributed by atoms with Crippen LogP contribution < -0.4 is 10.6 Å². The highest BCUT2D eigenvalue weighted by Gasteiger charge is 2.35. The Balaban J connectivity index is 1.81. The van der Waals surface area contributed by atoms with Crippen LogP contribution in [0.3, 0.4) is 0 Å². The maximum absolute atomic E-state index is 12.3. The summed E-state index contributed by atoms with van der Waals surface area (Å²) in [4.78, 5) is 14.6. The van der Waals surface area contributed by atoms with E-state index in [4.69, 9.17) is 0 Å². The number of nitrogens with one attached hydrogen (secondary N) is 2. The van der Waals surface area contributed by atoms with E-state index in [2.05, 4.69) is 15.5 Å². The molecule has 0 bridgehead atoms. The number of carbonyl (C=O) groups excluding carboxylic acids is 1. The van der Waals surface area contributed by atoms with Crippen molar-refractivity contribution in [3.63, 3.8) is 0 Å². The normalized spacial score (nSPS) is 26.2. The van der Waals surface area contributed by atoms with Crippen LogP contribution in [0.15, 0.2) is 0 Å². The molecule has 2 aliphatic rings. The van der Waals surface area contributed by atoms with Gasteiger partial charge in [-0.1, -0.05) is 0 Å². The number of nitrogens with zero attached hydrogens (tertiary/aromatic N) is 1. The first-order chi connectivity index (χ1) is 8.60. The second kappa shape index (κ2) is 6.26. The molecular weight excluding hydrogens is 246 g/mol. The Morgan fingerprint density at radius 3 is 2.78 bits per heavy atom. The SMILES string of the molecule is CC(C)(C(=O)NCC1CCCS1)N1CCNCC1. The van der Waals surface area contributed by atoms with Crippen molar-refractivity contribution in [2.75, 3.05) is 38.5 Å². The molecule has 0 aromatic carbocycles. The van der Waals surface area contributed by atoms with Crippen molar-refractivity contribution >= 4 is 17.7 Å². The number of rotatable bonds is 4. The van der Waals surface area contributed by atoms with E-state index in [0.717, 1.165) is 32.7 Å². The zero-order valence-electron chi connectivity index (χ0n) is 11.5. The maximum atomic E-state index is 12.3. The summed E-state index contributed by atoms with van der Waals surface area (Å²) in [6, 6.07) is 0. The third-order valence-corrected chi connectivity index (χ3v) is 5.38. The minimum absolute atomic E-state index is 0.178. The molecule has 0 aliphatic carbocycles. The fraction of sp³-hybridized carbons (Fsp3) is 0.923. The van der Waals surface area contributed by atoms with Gasteiger partial charge in [0.15, 0.2) is 0 Å². The third kappa shape index (κ3) is 3.39. The molecule has 104 valence electrons. The molecule has 2 rings (SSSR count). The van der Waals surface area contributed by atoms with Gasteiger partial charge in [-0.15, -0.1) is 0 Å². The van der Waals surface area contributed by atoms with Crippen molar-refractivity contribution in [1.82, 2.24) is 15.5 Å². The van der Waals surface area contributed by atoms with Gasteiger partial charge in [-0.2, -0.15) is 11.8 Å². The molecule has 0 spiro atoms. The highest BCUT2D eigenvalue weighted by Crippen LogP contribution is 2.25. The number of hydrogen-bond donors (Lipinski definition) is 2. The average molecular weight is 271 g/mol. The Morgan fingerprint density at radius 1 is 1.44 bits per heavy atom. The van der Waals surface area contributed by atoms with Gasteiger partial charge in [0.1, 0.15) is 0 Å². The molecule has 1 atom stereocenters. The van der Waals surface area contributed by atoms with Crippen LogP contribution in [0.2, 0.25) is 0 Å². The van der Waals surface area contributed by atoms with E-state index >= 15 is 0 Å². The Morgan fingerprint density at radius 2 is 2.17 bits per heavy atom. The van der Waals surface area contributed by atoms with Gasteiger partial charge in [0.05, 0.1) is 5.54 Å². The van der Waals surface area contributed by atoms with E-state index < -0.39 is 0 Å². The smallest absolute Gasteiger partial charge is 0.239 e. The van der Waals surface area contributed by atoms with E-state index in [1.165, 1.54) is 18.6 Å². The fourth-order valence-corrected chi connectivity index (χ4v) is 3.80. The monoisotopic (exact) mass is 271 g/mol. The first kappa shape index (κ1) is 14.2. The van der Waals surface area contributed by atoms with E-state index in [1.54, 1.807) is 0 Å². The first-order valence-corrected chi connectivity index (χ1v) is 8.01. The fourth-order valence-electron chi connectivity index (χ4n) is 2.60. The number of thioether (sulfide) groups is 1. The molecule has 0 saturated carbocycles. The zero-order valence-corrected chi connectivity index (χ0v) is 12.3. The van der Waals surface area contributed by atoms with Crippen LogP contribution in [0, 0.1) is 0 Å². The maximum Gasteiger partial charge on any atom is 0.239 e. The molecule has 0 radical (unpaired) electrons. The van der Waals surface area contributed by atoms with Crippen LogP contribution in [-0.2, 0) is 4.79 Å². The van der Waals surface area contributed by atoms with E-state index in [0.29, 0.717) is 5.25 Å². The molecule has 2 fully saturated rings. The highest BCUT2D eigenvalue weighted by atomic mass is 32.2. The van der Waals surface area contributed by atoms with Gasteiger partial charge in [0.2, 0.25) is 5.91 Å². The molecule has 1 unspecified atom stereocenters. The molecule has 0 aromatic heterocycles. The second-order valence-corrected chi connectivity index (χ2v) is 7.05. The molecule has 5 heteroatoms. The topological polar surface area (TPSA) is 44.4 Å². The van der Waals surface area contributed by atoms with Gasteiger partial charge >= 0.3 is 0 Å². The Kier molecular flexibility index (Phi) is 4.92. The molecule has 1 amide bonds. The van der Waals surface area contributed by atoms with Gasteiger partial charge in [-0.05, 0) is 32.4 Å². The van der Waals surface area contributed by atoms with Crippen LogP contribution in [0.25, 0.3) is 0 Å². The molecule has 2 aliphatic heterocycles. The standard InChI is InChI=1S/C13H25N3OS/c1-13(2,16-7-5-14-6-8-16)12(17)15-10-11-4-3-9-18-11/h11,14H,3-10H2,1-2H3,(H,15,17). The Bertz CT molecular complexity index is 284. The van der Waals surface area contributed by atoms with Crippen molar-refractivity contribution in [2.24, 2.45) is 0 Å². The minimum atomic E-state index is -0.384. The van der Waals surface area contributed by atoms with Crippen molar-refractivity contribution in [3.8, 4) is 0 Å². The van der Waals surface area contributed by atoms with Crippen LogP contribution in [0.5, 0.6) is 0 Å². The lowest BCUT2D eigenvalue weighted by Gasteiger charge is -2.39. The largest absolute Gasteiger partial charge is 0.353 e. The van der Waals surface area contributed by atoms with Crippen LogP contribution >= 0.6 is 11.8 Å². The van der Waals surface area contributed by atoms with E-state index in [-0.39, 0.29) is 11.4 Å². The lowest BCUT2D eigenvalue weighted by Crippen LogP contribution is -2.60. The summed E-state index contributed by atoms with van der Waals surface area (Å²) in [5.41, 5.74) is -0.384. The summed E-state index contributed by atoms with van der Waals surface area (Å²) < 4.78 is 0. The summed E-state index contributed by atoms with van der Waals surface area (Å²) in [5.74, 6) is 1.43. The van der Waals surface area contributed by atoms with Crippen LogP contribution in [-0.4, -0.2) is 60.1 Å². The van der Waals surface area contributed by atoms with Crippen LogP contribution in [0.4, 0.5) is 0 Å². The highest BCUT2D eigenvalue weighted by molar-refractivity contribution is 8.00. The Labute approximate surface area is 114 Å². The quantitative estimate of drug-likeness (QED) is 0.789. The van der Waals surface area contributed by atoms with Gasteiger partial charge in [0, 0.05) is 38.0 Å². The summed E-state index contributed by atoms with van der Waals surface area (Å²) >= 11 is 1.99. The summed E-state index contributed by atoms with van der Waals surface area (Å²) in [6.45, 7) is 8.78. The predicted octanol–water partition coefficient (Wildman–Crippen LogP) is 0.682. The zero-order chi connectivity index (χ0) is 13.0. The first-order valence-electron chi connectivity index (χ1n) is 6.96. The summed E-state index contributed by atoms with van der Waals surface area (Å²) in [7, 11) is 0. The summed E-state index contributed by atoms with van der Waals surface area (Å²) in [6.07, 6.45) is 2.55. The molecule has 2 saturated heterocycles. The van der Waals surface area contributed by atoms with Gasteiger partial charge < -0.3 is 10.6 Å². The number of hydrogen-bond acceptors (Lipinski definition) is 4. The van der Waals surface area contributed by atoms with E-state index in [9.17, 15) is 4.79 Å². The van der Waals surface area contributed by atoms with Crippen molar-refractivity contribution in [3.05, 3.63) is 0 Å². The lowest BCUT2D eigenvalue weighted by atomic mass is 10.0. The van der Waals surface area contributed by atoms with Gasteiger partial charge in [0.25, 0.3) is 0 Å². The molecule has 4 nitrogen and oxygen atoms in total. The molecule has 2 N–H and O–H groups in total. The van der Waals surface area contributed by atoms with Crippen molar-refractivity contribution in [1.29, 1.82) is 0 Å². The molecule has 2 heterocycles. The van der Waals surface area contributed by atoms with Gasteiger partial charge in [-0.3, -0.25) is 9.69 Å². The molecular formula is C13H25N3OS. The number of amides is 1. The van der Waals surface area contributed by atoms with Gasteiger partial charge in [-0.25, -0.2) is 0 Å². The van der Waals surface area contributed by atoms with Crippen LogP contribution in [0.1, 0.15) is 26.7 Å². The summed E-state index contributed by atoms with van der Waals surface area (Å²) in [5, 5.41) is 7.10. The van der Waals surface area contributed by atoms with Crippen molar-refractivity contribution in [2.45, 2.75) is 37.5 Å². The Hall–Kier alpha value is -0.260. The molecule has 18 heavy (non-hydrogen) atoms.